The van der Waals surface area contributed by atoms with Crippen molar-refractivity contribution in [2.24, 2.45) is 11.8 Å². The van der Waals surface area contributed by atoms with Crippen LogP contribution in [-0.4, -0.2) is 158 Å². The maximum Gasteiger partial charge on any atom is 0.410 e. The highest BCUT2D eigenvalue weighted by atomic mass is 16.7. The molecule has 0 aromatic heterocycles. The van der Waals surface area contributed by atoms with Crippen molar-refractivity contribution in [1.29, 1.82) is 0 Å². The lowest BCUT2D eigenvalue weighted by atomic mass is 9.99. The number of hydrogen-bond acceptors (Lipinski definition) is 12. The van der Waals surface area contributed by atoms with Gasteiger partial charge in [0.15, 0.2) is 0 Å². The number of amides is 7. The van der Waals surface area contributed by atoms with Crippen molar-refractivity contribution in [3.8, 4) is 0 Å². The number of hydroxylamine groups is 2. The molecule has 0 saturated carbocycles. The van der Waals surface area contributed by atoms with Gasteiger partial charge in [-0.25, -0.2) is 9.86 Å². The molecule has 3 aliphatic heterocycles. The second-order valence-corrected chi connectivity index (χ2v) is 16.2. The maximum absolute atomic E-state index is 13.9. The van der Waals surface area contributed by atoms with Gasteiger partial charge in [0.05, 0.1) is 20.3 Å². The van der Waals surface area contributed by atoms with Crippen LogP contribution in [-0.2, 0) is 52.6 Å². The fourth-order valence-corrected chi connectivity index (χ4v) is 6.82. The number of nitrogens with one attached hydrogen (secondary N) is 4. The van der Waals surface area contributed by atoms with Gasteiger partial charge in [-0.15, -0.1) is 0 Å². The molecular weight excluding hydrogens is 746 g/mol. The molecule has 2 unspecified atom stereocenters. The maximum atomic E-state index is 13.9. The minimum atomic E-state index is -1.25. The van der Waals surface area contributed by atoms with Gasteiger partial charge in [0, 0.05) is 26.3 Å². The minimum absolute atomic E-state index is 0.166. The second-order valence-electron chi connectivity index (χ2n) is 16.2. The third-order valence-corrected chi connectivity index (χ3v) is 9.85. The minimum Gasteiger partial charge on any atom is -0.444 e. The van der Waals surface area contributed by atoms with E-state index in [-0.39, 0.29) is 38.9 Å². The van der Waals surface area contributed by atoms with Gasteiger partial charge in [-0.1, -0.05) is 27.7 Å². The third-order valence-electron chi connectivity index (χ3n) is 9.85. The molecule has 0 aromatic carbocycles. The second kappa shape index (κ2) is 22.0. The van der Waals surface area contributed by atoms with Crippen LogP contribution in [0.5, 0.6) is 0 Å². The Bertz CT molecular complexity index is 1440. The van der Waals surface area contributed by atoms with Gasteiger partial charge < -0.3 is 45.2 Å². The molecule has 0 aliphatic carbocycles. The molecule has 3 rings (SSSR count). The van der Waals surface area contributed by atoms with E-state index in [1.54, 1.807) is 48.5 Å². The summed E-state index contributed by atoms with van der Waals surface area (Å²) in [5, 5.41) is 11.6. The quantitative estimate of drug-likeness (QED) is 0.179. The van der Waals surface area contributed by atoms with Crippen molar-refractivity contribution in [2.45, 2.75) is 129 Å². The first-order valence-electron chi connectivity index (χ1n) is 19.9. The molecule has 0 spiro atoms. The Morgan fingerprint density at radius 2 is 1.37 bits per heavy atom. The van der Waals surface area contributed by atoms with E-state index in [4.69, 9.17) is 19.0 Å². The van der Waals surface area contributed by atoms with E-state index in [1.807, 2.05) is 0 Å². The number of aldehydes is 1. The molecule has 0 bridgehead atoms. The zero-order valence-corrected chi connectivity index (χ0v) is 34.6. The van der Waals surface area contributed by atoms with Crippen LogP contribution in [0.15, 0.2) is 0 Å². The average Bonchev–Trinajstić information content (AvgIpc) is 3.84. The lowest BCUT2D eigenvalue weighted by molar-refractivity contribution is -0.180. The standard InChI is InChI=1S/C38H63N7O12/c1-23(2)29-33(49)40-26(35(51)45(54-8)17-18-46)22-56-20-10-9-19-55-21-25(31(47)41-30(24(3)4)34(50)42-29)39-32(48)27-13-11-15-43(27)36(52)28-14-12-16-44(28)37(53)57-38(5,6)7/h18,23-30H,9-17,19-22H2,1-8H3,(H,39,48)(H,40,49)(H,41,47)(H,42,50)/t25-,26-,27?,28?,29-,30-/m0/s1. The van der Waals surface area contributed by atoms with Gasteiger partial charge in [-0.3, -0.25) is 38.5 Å². The molecule has 7 amide bonds. The Balaban J connectivity index is 1.81. The largest absolute Gasteiger partial charge is 0.444 e. The molecule has 19 nitrogen and oxygen atoms in total. The van der Waals surface area contributed by atoms with Crippen LogP contribution in [0.1, 0.15) is 87.0 Å². The van der Waals surface area contributed by atoms with Gasteiger partial charge in [0.1, 0.15) is 54.7 Å². The SMILES string of the molecule is CON(CC=O)C(=O)[C@@H]1COCCCCOC[C@H](NC(=O)C2CCCN2C(=O)C2CCCN2C(=O)OC(C)(C)C)C(=O)N[C@@H](C(C)C)C(=O)N[C@@H](C(C)C)C(=O)N1. The van der Waals surface area contributed by atoms with Crippen LogP contribution in [0.2, 0.25) is 0 Å². The zero-order chi connectivity index (χ0) is 42.4. The molecule has 19 heteroatoms. The molecule has 4 N–H and O–H groups in total. The Morgan fingerprint density at radius 3 is 1.93 bits per heavy atom. The molecule has 3 fully saturated rings. The molecule has 3 heterocycles. The molecule has 322 valence electrons. The fraction of sp³-hybridized carbons (Fsp3) is 0.789. The normalized spacial score (nSPS) is 26.2. The number of carbonyl (C=O) groups excluding carboxylic acids is 8. The van der Waals surface area contributed by atoms with Gasteiger partial charge in [0.2, 0.25) is 29.5 Å². The third kappa shape index (κ3) is 13.6. The van der Waals surface area contributed by atoms with Crippen LogP contribution in [0.3, 0.4) is 0 Å². The summed E-state index contributed by atoms with van der Waals surface area (Å²) in [5.74, 6) is -4.70. The molecule has 6 atom stereocenters. The van der Waals surface area contributed by atoms with Crippen LogP contribution in [0.4, 0.5) is 4.79 Å². The highest BCUT2D eigenvalue weighted by Gasteiger charge is 2.44. The predicted octanol–water partition coefficient (Wildman–Crippen LogP) is 0.0440. The van der Waals surface area contributed by atoms with Gasteiger partial charge in [-0.05, 0) is 71.1 Å². The van der Waals surface area contributed by atoms with Crippen molar-refractivity contribution in [2.75, 3.05) is 53.2 Å². The van der Waals surface area contributed by atoms with E-state index in [0.717, 1.165) is 5.06 Å². The summed E-state index contributed by atoms with van der Waals surface area (Å²) in [4.78, 5) is 114. The summed E-state index contributed by atoms with van der Waals surface area (Å²) >= 11 is 0. The number of rotatable bonds is 9. The highest BCUT2D eigenvalue weighted by Crippen LogP contribution is 2.27. The number of nitrogens with zero attached hydrogens (tertiary/aromatic N) is 3. The van der Waals surface area contributed by atoms with E-state index >= 15 is 0 Å². The highest BCUT2D eigenvalue weighted by molar-refractivity contribution is 5.97. The summed E-state index contributed by atoms with van der Waals surface area (Å²) in [5.41, 5.74) is -0.750. The van der Waals surface area contributed by atoms with E-state index in [2.05, 4.69) is 21.3 Å². The van der Waals surface area contributed by atoms with Crippen LogP contribution in [0.25, 0.3) is 0 Å². The summed E-state index contributed by atoms with van der Waals surface area (Å²) in [7, 11) is 1.21. The molecular formula is C38H63N7O12. The number of hydrogen-bond donors (Lipinski definition) is 4. The summed E-state index contributed by atoms with van der Waals surface area (Å²) in [6, 6.07) is -6.50. The molecule has 0 aromatic rings. The first kappa shape index (κ1) is 47.0. The predicted molar refractivity (Wildman–Crippen MR) is 204 cm³/mol. The zero-order valence-electron chi connectivity index (χ0n) is 34.6. The van der Waals surface area contributed by atoms with E-state index in [0.29, 0.717) is 57.9 Å². The Morgan fingerprint density at radius 1 is 0.825 bits per heavy atom. The van der Waals surface area contributed by atoms with Crippen LogP contribution < -0.4 is 21.3 Å². The summed E-state index contributed by atoms with van der Waals surface area (Å²) in [6.45, 7) is 12.1. The molecule has 57 heavy (non-hydrogen) atoms. The van der Waals surface area contributed by atoms with Crippen molar-refractivity contribution in [3.63, 3.8) is 0 Å². The Hall–Kier alpha value is -4.36. The molecule has 3 aliphatic rings. The van der Waals surface area contributed by atoms with Crippen LogP contribution >= 0.6 is 0 Å². The van der Waals surface area contributed by atoms with Gasteiger partial charge in [-0.2, -0.15) is 0 Å². The molecule has 3 saturated heterocycles. The Kier molecular flexibility index (Phi) is 18.1. The number of ether oxygens (including phenoxy) is 3. The van der Waals surface area contributed by atoms with Crippen molar-refractivity contribution < 1.29 is 57.4 Å². The molecule has 0 radical (unpaired) electrons. The van der Waals surface area contributed by atoms with Crippen LogP contribution in [0, 0.1) is 11.8 Å². The topological polar surface area (TPSA) is 231 Å². The van der Waals surface area contributed by atoms with E-state index in [9.17, 15) is 38.4 Å². The lowest BCUT2D eigenvalue weighted by Crippen LogP contribution is -2.62. The summed E-state index contributed by atoms with van der Waals surface area (Å²) in [6.07, 6.45) is 2.74. The van der Waals surface area contributed by atoms with Crippen molar-refractivity contribution in [1.82, 2.24) is 36.1 Å². The number of likely N-dealkylation sites (tertiary alicyclic amines) is 2. The smallest absolute Gasteiger partial charge is 0.410 e. The Labute approximate surface area is 334 Å². The van der Waals surface area contributed by atoms with Crippen molar-refractivity contribution >= 4 is 47.8 Å². The van der Waals surface area contributed by atoms with Crippen molar-refractivity contribution in [3.05, 3.63) is 0 Å². The van der Waals surface area contributed by atoms with Gasteiger partial charge >= 0.3 is 6.09 Å². The van der Waals surface area contributed by atoms with E-state index < -0.39 is 89.3 Å². The fourth-order valence-electron chi connectivity index (χ4n) is 6.82. The lowest BCUT2D eigenvalue weighted by Gasteiger charge is -2.33. The summed E-state index contributed by atoms with van der Waals surface area (Å²) < 4.78 is 17.1. The van der Waals surface area contributed by atoms with E-state index in [1.165, 1.54) is 16.9 Å². The number of carbonyl (C=O) groups is 8. The van der Waals surface area contributed by atoms with Gasteiger partial charge in [0.25, 0.3) is 5.91 Å². The first-order chi connectivity index (χ1) is 26.9. The monoisotopic (exact) mass is 809 g/mol. The average molecular weight is 810 g/mol. The first-order valence-corrected chi connectivity index (χ1v) is 19.9.